The molecule has 0 saturated carbocycles. The molecule has 4 rings (SSSR count). The van der Waals surface area contributed by atoms with Crippen molar-refractivity contribution in [2.75, 3.05) is 12.3 Å². The fourth-order valence-electron chi connectivity index (χ4n) is 3.09. The van der Waals surface area contributed by atoms with Crippen LogP contribution >= 0.6 is 11.6 Å². The van der Waals surface area contributed by atoms with E-state index in [0.717, 1.165) is 12.1 Å². The summed E-state index contributed by atoms with van der Waals surface area (Å²) in [6.45, 7) is -0.104. The highest BCUT2D eigenvalue weighted by Crippen LogP contribution is 2.38. The molecule has 3 heterocycles. The zero-order valence-electron chi connectivity index (χ0n) is 14.7. The summed E-state index contributed by atoms with van der Waals surface area (Å²) in [5, 5.41) is 8.79. The molecule has 3 aromatic rings. The first kappa shape index (κ1) is 19.7. The molecule has 1 saturated heterocycles. The summed E-state index contributed by atoms with van der Waals surface area (Å²) in [6, 6.07) is 2.86. The van der Waals surface area contributed by atoms with Gasteiger partial charge in [-0.25, -0.2) is 4.98 Å². The minimum absolute atomic E-state index is 0.00506. The third-order valence-corrected chi connectivity index (χ3v) is 4.81. The highest BCUT2D eigenvalue weighted by molar-refractivity contribution is 6.31. The number of rotatable bonds is 4. The number of aliphatic hydroxyl groups excluding tert-OH is 1. The third kappa shape index (κ3) is 3.80. The smallest absolute Gasteiger partial charge is 0.417 e. The van der Waals surface area contributed by atoms with Crippen LogP contribution in [0.4, 0.5) is 19.0 Å². The molecule has 3 N–H and O–H groups in total. The van der Waals surface area contributed by atoms with Crippen molar-refractivity contribution in [3.8, 4) is 11.8 Å². The number of aliphatic hydroxyl groups is 1. The first-order chi connectivity index (χ1) is 13.8. The lowest BCUT2D eigenvalue weighted by molar-refractivity contribution is -0.137. The Morgan fingerprint density at radius 2 is 2.10 bits per heavy atom. The second-order valence-electron chi connectivity index (χ2n) is 6.43. The number of ether oxygens (including phenoxy) is 2. The number of alkyl halides is 3. The summed E-state index contributed by atoms with van der Waals surface area (Å²) in [6.07, 6.45) is -2.57. The zero-order chi connectivity index (χ0) is 20.8. The standard InChI is InChI=1S/C17H15ClF3N5O3/c18-11-3-1-8(5-10(11)17(19,20)21)29-16-24-14(22)13-15(25-16)26(7-23-13)12-4-2-9(6-27)28-12/h1,3,5,7,9,12,27H,2,4,6H2,(H2,22,24,25)/t9-,12+/m0/s1. The third-order valence-electron chi connectivity index (χ3n) is 4.48. The van der Waals surface area contributed by atoms with E-state index in [1.807, 2.05) is 0 Å². The van der Waals surface area contributed by atoms with Crippen molar-refractivity contribution >= 4 is 28.6 Å². The van der Waals surface area contributed by atoms with Crippen LogP contribution in [-0.2, 0) is 10.9 Å². The molecular formula is C17H15ClF3N5O3. The van der Waals surface area contributed by atoms with E-state index in [4.69, 9.17) is 26.8 Å². The average molecular weight is 430 g/mol. The van der Waals surface area contributed by atoms with Gasteiger partial charge in [0, 0.05) is 0 Å². The van der Waals surface area contributed by atoms with E-state index >= 15 is 0 Å². The second kappa shape index (κ2) is 7.32. The summed E-state index contributed by atoms with van der Waals surface area (Å²) in [5.41, 5.74) is 5.49. The van der Waals surface area contributed by atoms with E-state index in [2.05, 4.69) is 15.0 Å². The van der Waals surface area contributed by atoms with E-state index in [0.29, 0.717) is 24.0 Å². The van der Waals surface area contributed by atoms with Crippen LogP contribution in [0.15, 0.2) is 24.5 Å². The van der Waals surface area contributed by atoms with Crippen molar-refractivity contribution in [2.45, 2.75) is 31.3 Å². The maximum atomic E-state index is 13.1. The van der Waals surface area contributed by atoms with Crippen LogP contribution in [0.1, 0.15) is 24.6 Å². The van der Waals surface area contributed by atoms with Gasteiger partial charge in [0.1, 0.15) is 12.0 Å². The number of nitrogen functional groups attached to an aromatic ring is 1. The van der Waals surface area contributed by atoms with Crippen molar-refractivity contribution in [1.29, 1.82) is 0 Å². The predicted molar refractivity (Wildman–Crippen MR) is 96.5 cm³/mol. The molecule has 2 atom stereocenters. The molecule has 0 radical (unpaired) electrons. The van der Waals surface area contributed by atoms with Crippen molar-refractivity contribution in [3.05, 3.63) is 35.1 Å². The summed E-state index contributed by atoms with van der Waals surface area (Å²) in [5.74, 6) is -0.144. The number of hydrogen-bond acceptors (Lipinski definition) is 7. The SMILES string of the molecule is Nc1nc(Oc2ccc(Cl)c(C(F)(F)F)c2)nc2c1ncn2[C@H]1CC[C@@H](CO)O1. The number of benzene rings is 1. The Hall–Kier alpha value is -2.63. The van der Waals surface area contributed by atoms with Crippen molar-refractivity contribution in [3.63, 3.8) is 0 Å². The monoisotopic (exact) mass is 429 g/mol. The Labute approximate surface area is 167 Å². The quantitative estimate of drug-likeness (QED) is 0.652. The second-order valence-corrected chi connectivity index (χ2v) is 6.84. The lowest BCUT2D eigenvalue weighted by Crippen LogP contribution is -2.14. The van der Waals surface area contributed by atoms with Gasteiger partial charge in [0.25, 0.3) is 0 Å². The number of nitrogens with zero attached hydrogens (tertiary/aromatic N) is 4. The van der Waals surface area contributed by atoms with Crippen LogP contribution in [-0.4, -0.2) is 37.3 Å². The number of halogens is 4. The largest absolute Gasteiger partial charge is 0.424 e. The molecular weight excluding hydrogens is 415 g/mol. The van der Waals surface area contributed by atoms with Gasteiger partial charge in [-0.15, -0.1) is 0 Å². The molecule has 29 heavy (non-hydrogen) atoms. The summed E-state index contributed by atoms with van der Waals surface area (Å²) in [7, 11) is 0. The van der Waals surface area contributed by atoms with Crippen LogP contribution in [0.3, 0.4) is 0 Å². The average Bonchev–Trinajstić information content (AvgIpc) is 3.29. The van der Waals surface area contributed by atoms with Gasteiger partial charge in [-0.2, -0.15) is 23.1 Å². The highest BCUT2D eigenvalue weighted by Gasteiger charge is 2.34. The van der Waals surface area contributed by atoms with Gasteiger partial charge in [-0.3, -0.25) is 4.57 Å². The van der Waals surface area contributed by atoms with Gasteiger partial charge in [0.15, 0.2) is 17.0 Å². The number of aromatic nitrogens is 4. The van der Waals surface area contributed by atoms with Gasteiger partial charge >= 0.3 is 12.2 Å². The number of nitrogens with two attached hydrogens (primary N) is 1. The fraction of sp³-hybridized carbons (Fsp3) is 0.353. The number of hydrogen-bond donors (Lipinski definition) is 2. The van der Waals surface area contributed by atoms with Crippen molar-refractivity contribution < 1.29 is 27.8 Å². The first-order valence-electron chi connectivity index (χ1n) is 8.57. The summed E-state index contributed by atoms with van der Waals surface area (Å²) in [4.78, 5) is 12.4. The van der Waals surface area contributed by atoms with Gasteiger partial charge in [0.2, 0.25) is 0 Å². The van der Waals surface area contributed by atoms with Gasteiger partial charge in [0.05, 0.1) is 29.6 Å². The molecule has 2 aromatic heterocycles. The topological polar surface area (TPSA) is 108 Å². The number of imidazole rings is 1. The Balaban J connectivity index is 1.68. The normalized spacial score (nSPS) is 19.8. The molecule has 1 aliphatic rings. The van der Waals surface area contributed by atoms with Gasteiger partial charge in [-0.05, 0) is 31.0 Å². The van der Waals surface area contributed by atoms with E-state index < -0.39 is 23.0 Å². The Morgan fingerprint density at radius 1 is 1.31 bits per heavy atom. The Morgan fingerprint density at radius 3 is 2.79 bits per heavy atom. The molecule has 0 aliphatic carbocycles. The van der Waals surface area contributed by atoms with Crippen LogP contribution in [0, 0.1) is 0 Å². The van der Waals surface area contributed by atoms with Gasteiger partial charge in [-0.1, -0.05) is 11.6 Å². The Kier molecular flexibility index (Phi) is 4.97. The summed E-state index contributed by atoms with van der Waals surface area (Å²) >= 11 is 5.62. The maximum absolute atomic E-state index is 13.1. The lowest BCUT2D eigenvalue weighted by Gasteiger charge is -2.14. The van der Waals surface area contributed by atoms with E-state index in [1.54, 1.807) is 4.57 Å². The van der Waals surface area contributed by atoms with Crippen LogP contribution in [0.2, 0.25) is 5.02 Å². The van der Waals surface area contributed by atoms with Gasteiger partial charge < -0.3 is 20.3 Å². The van der Waals surface area contributed by atoms with Crippen LogP contribution < -0.4 is 10.5 Å². The number of anilines is 1. The van der Waals surface area contributed by atoms with E-state index in [-0.39, 0.29) is 30.3 Å². The highest BCUT2D eigenvalue weighted by atomic mass is 35.5. The number of fused-ring (bicyclic) bond motifs is 1. The molecule has 1 aliphatic heterocycles. The molecule has 1 fully saturated rings. The van der Waals surface area contributed by atoms with Crippen molar-refractivity contribution in [1.82, 2.24) is 19.5 Å². The fourth-order valence-corrected chi connectivity index (χ4v) is 3.31. The zero-order valence-corrected chi connectivity index (χ0v) is 15.5. The van der Waals surface area contributed by atoms with Crippen LogP contribution in [0.25, 0.3) is 11.2 Å². The molecule has 1 aromatic carbocycles. The molecule has 12 heteroatoms. The molecule has 0 unspecified atom stereocenters. The maximum Gasteiger partial charge on any atom is 0.417 e. The minimum Gasteiger partial charge on any atom is -0.424 e. The molecule has 0 spiro atoms. The Bertz CT molecular complexity index is 1060. The minimum atomic E-state index is -4.64. The van der Waals surface area contributed by atoms with E-state index in [1.165, 1.54) is 12.4 Å². The predicted octanol–water partition coefficient (Wildman–Crippen LogP) is 3.54. The molecule has 0 bridgehead atoms. The van der Waals surface area contributed by atoms with Crippen molar-refractivity contribution in [2.24, 2.45) is 0 Å². The molecule has 8 nitrogen and oxygen atoms in total. The van der Waals surface area contributed by atoms with E-state index in [9.17, 15) is 18.3 Å². The molecule has 0 amide bonds. The lowest BCUT2D eigenvalue weighted by atomic mass is 10.2. The molecule has 154 valence electrons. The summed E-state index contributed by atoms with van der Waals surface area (Å²) < 4.78 is 51.9. The van der Waals surface area contributed by atoms with Crippen LogP contribution in [0.5, 0.6) is 11.8 Å². The first-order valence-corrected chi connectivity index (χ1v) is 8.95.